The van der Waals surface area contributed by atoms with Crippen LogP contribution in [-0.2, 0) is 16.2 Å². The molecule has 0 fully saturated rings. The van der Waals surface area contributed by atoms with E-state index in [1.54, 1.807) is 37.3 Å². The lowest BCUT2D eigenvalue weighted by Gasteiger charge is -2.16. The van der Waals surface area contributed by atoms with Crippen LogP contribution >= 0.6 is 0 Å². The average Bonchev–Trinajstić information content (AvgIpc) is 2.56. The van der Waals surface area contributed by atoms with Crippen LogP contribution in [-0.4, -0.2) is 23.0 Å². The molecule has 2 amide bonds. The van der Waals surface area contributed by atoms with Crippen LogP contribution in [0.2, 0.25) is 0 Å². The zero-order valence-corrected chi connectivity index (χ0v) is 13.7. The number of nitrogens with one attached hydrogen (secondary N) is 3. The third-order valence-corrected chi connectivity index (χ3v) is 3.36. The number of hydrogen-bond acceptors (Lipinski definition) is 4. The lowest BCUT2D eigenvalue weighted by atomic mass is 10.2. The van der Waals surface area contributed by atoms with Crippen molar-refractivity contribution in [3.63, 3.8) is 0 Å². The Bertz CT molecular complexity index is 714. The van der Waals surface area contributed by atoms with Gasteiger partial charge in [-0.2, -0.15) is 0 Å². The second-order valence-electron chi connectivity index (χ2n) is 5.47. The van der Waals surface area contributed by atoms with Gasteiger partial charge in [0.15, 0.2) is 0 Å². The maximum atomic E-state index is 12.2. The number of anilines is 3. The van der Waals surface area contributed by atoms with Crippen molar-refractivity contribution >= 4 is 28.9 Å². The van der Waals surface area contributed by atoms with Gasteiger partial charge in [-0.05, 0) is 48.9 Å². The molecule has 24 heavy (non-hydrogen) atoms. The van der Waals surface area contributed by atoms with Gasteiger partial charge in [-0.3, -0.25) is 9.59 Å². The summed E-state index contributed by atoms with van der Waals surface area (Å²) in [4.78, 5) is 23.2. The van der Waals surface area contributed by atoms with Crippen molar-refractivity contribution in [2.75, 3.05) is 16.0 Å². The Hall–Kier alpha value is -2.86. The first-order valence-electron chi connectivity index (χ1n) is 7.63. The van der Waals surface area contributed by atoms with E-state index in [0.717, 1.165) is 11.3 Å². The monoisotopic (exact) mass is 327 g/mol. The van der Waals surface area contributed by atoms with Crippen LogP contribution in [0.4, 0.5) is 17.1 Å². The molecule has 2 rings (SSSR count). The molecule has 1 atom stereocenters. The number of hydrogen-bond donors (Lipinski definition) is 4. The normalized spacial score (nSPS) is 11.5. The molecule has 0 spiro atoms. The number of carbonyl (C=O) groups excluding carboxylic acids is 2. The molecule has 1 unspecified atom stereocenters. The first-order valence-corrected chi connectivity index (χ1v) is 7.63. The summed E-state index contributed by atoms with van der Waals surface area (Å²) in [5.41, 5.74) is 2.87. The molecule has 0 saturated carbocycles. The third-order valence-electron chi connectivity index (χ3n) is 3.36. The van der Waals surface area contributed by atoms with Crippen molar-refractivity contribution in [3.8, 4) is 0 Å². The number of benzene rings is 2. The van der Waals surface area contributed by atoms with Gasteiger partial charge in [-0.25, -0.2) is 0 Å². The van der Waals surface area contributed by atoms with Crippen molar-refractivity contribution in [2.45, 2.75) is 26.5 Å². The van der Waals surface area contributed by atoms with Crippen molar-refractivity contribution in [1.29, 1.82) is 0 Å². The SMILES string of the molecule is CC(=O)Nc1ccc(NC(=O)C(C)Nc2cccc(CO)c2)cc1. The van der Waals surface area contributed by atoms with E-state index in [4.69, 9.17) is 5.11 Å². The van der Waals surface area contributed by atoms with Crippen molar-refractivity contribution < 1.29 is 14.7 Å². The summed E-state index contributed by atoms with van der Waals surface area (Å²) in [5.74, 6) is -0.327. The zero-order chi connectivity index (χ0) is 17.5. The van der Waals surface area contributed by atoms with E-state index in [2.05, 4.69) is 16.0 Å². The molecule has 0 bridgehead atoms. The molecule has 0 saturated heterocycles. The van der Waals surface area contributed by atoms with Crippen LogP contribution in [0, 0.1) is 0 Å². The van der Waals surface area contributed by atoms with Crippen molar-refractivity contribution in [1.82, 2.24) is 0 Å². The van der Waals surface area contributed by atoms with E-state index >= 15 is 0 Å². The predicted octanol–water partition coefficient (Wildman–Crippen LogP) is 2.58. The van der Waals surface area contributed by atoms with Gasteiger partial charge in [0.05, 0.1) is 6.61 Å². The fraction of sp³-hybridized carbons (Fsp3) is 0.222. The Morgan fingerprint density at radius 1 is 1.00 bits per heavy atom. The van der Waals surface area contributed by atoms with Crippen molar-refractivity contribution in [3.05, 3.63) is 54.1 Å². The summed E-state index contributed by atoms with van der Waals surface area (Å²) in [6.07, 6.45) is 0. The Morgan fingerprint density at radius 3 is 2.21 bits per heavy atom. The summed E-state index contributed by atoms with van der Waals surface area (Å²) < 4.78 is 0. The smallest absolute Gasteiger partial charge is 0.246 e. The second kappa shape index (κ2) is 8.12. The minimum absolute atomic E-state index is 0.0449. The Balaban J connectivity index is 1.94. The zero-order valence-electron chi connectivity index (χ0n) is 13.7. The summed E-state index contributed by atoms with van der Waals surface area (Å²) in [6, 6.07) is 13.7. The molecule has 2 aromatic rings. The summed E-state index contributed by atoms with van der Waals surface area (Å²) in [7, 11) is 0. The van der Waals surface area contributed by atoms with E-state index in [-0.39, 0.29) is 18.4 Å². The van der Waals surface area contributed by atoms with E-state index in [1.807, 2.05) is 18.2 Å². The first-order chi connectivity index (χ1) is 11.5. The quantitative estimate of drug-likeness (QED) is 0.656. The highest BCUT2D eigenvalue weighted by molar-refractivity contribution is 5.96. The second-order valence-corrected chi connectivity index (χ2v) is 5.47. The minimum Gasteiger partial charge on any atom is -0.392 e. The highest BCUT2D eigenvalue weighted by Crippen LogP contribution is 2.15. The fourth-order valence-electron chi connectivity index (χ4n) is 2.17. The molecule has 0 heterocycles. The fourth-order valence-corrected chi connectivity index (χ4v) is 2.17. The number of aliphatic hydroxyl groups excluding tert-OH is 1. The molecular weight excluding hydrogens is 306 g/mol. The summed E-state index contributed by atoms with van der Waals surface area (Å²) in [6.45, 7) is 3.15. The largest absolute Gasteiger partial charge is 0.392 e. The number of carbonyl (C=O) groups is 2. The molecule has 2 aromatic carbocycles. The van der Waals surface area contributed by atoms with Crippen LogP contribution in [0.5, 0.6) is 0 Å². The standard InChI is InChI=1S/C18H21N3O3/c1-12(19-17-5-3-4-14(10-17)11-22)18(24)21-16-8-6-15(7-9-16)20-13(2)23/h3-10,12,19,22H,11H2,1-2H3,(H,20,23)(H,21,24). The van der Waals surface area contributed by atoms with Gasteiger partial charge in [0.2, 0.25) is 11.8 Å². The van der Waals surface area contributed by atoms with Crippen LogP contribution in [0.25, 0.3) is 0 Å². The summed E-state index contributed by atoms with van der Waals surface area (Å²) in [5, 5.41) is 17.7. The maximum absolute atomic E-state index is 12.2. The van der Waals surface area contributed by atoms with Crippen LogP contribution in [0.3, 0.4) is 0 Å². The number of amides is 2. The molecule has 126 valence electrons. The van der Waals surface area contributed by atoms with E-state index < -0.39 is 6.04 Å². The third kappa shape index (κ3) is 5.10. The molecule has 0 radical (unpaired) electrons. The van der Waals surface area contributed by atoms with Gasteiger partial charge in [0, 0.05) is 24.0 Å². The first kappa shape index (κ1) is 17.5. The average molecular weight is 327 g/mol. The molecule has 0 aromatic heterocycles. The van der Waals surface area contributed by atoms with Crippen molar-refractivity contribution in [2.24, 2.45) is 0 Å². The predicted molar refractivity (Wildman–Crippen MR) is 94.8 cm³/mol. The molecular formula is C18H21N3O3. The van der Waals surface area contributed by atoms with Crippen LogP contribution in [0.15, 0.2) is 48.5 Å². The molecule has 6 nitrogen and oxygen atoms in total. The van der Waals surface area contributed by atoms with Gasteiger partial charge in [0.25, 0.3) is 0 Å². The van der Waals surface area contributed by atoms with Crippen LogP contribution < -0.4 is 16.0 Å². The number of rotatable bonds is 6. The Labute approximate surface area is 140 Å². The summed E-state index contributed by atoms with van der Waals surface area (Å²) >= 11 is 0. The van der Waals surface area contributed by atoms with Gasteiger partial charge in [-0.15, -0.1) is 0 Å². The minimum atomic E-state index is -0.450. The Kier molecular flexibility index (Phi) is 5.92. The van der Waals surface area contributed by atoms with E-state index in [1.165, 1.54) is 6.92 Å². The molecule has 4 N–H and O–H groups in total. The van der Waals surface area contributed by atoms with E-state index in [0.29, 0.717) is 11.4 Å². The highest BCUT2D eigenvalue weighted by atomic mass is 16.3. The molecule has 0 aliphatic heterocycles. The van der Waals surface area contributed by atoms with Gasteiger partial charge < -0.3 is 21.1 Å². The lowest BCUT2D eigenvalue weighted by Crippen LogP contribution is -2.31. The molecule has 6 heteroatoms. The van der Waals surface area contributed by atoms with Crippen LogP contribution in [0.1, 0.15) is 19.4 Å². The maximum Gasteiger partial charge on any atom is 0.246 e. The topological polar surface area (TPSA) is 90.5 Å². The van der Waals surface area contributed by atoms with Gasteiger partial charge in [0.1, 0.15) is 6.04 Å². The number of aliphatic hydroxyl groups is 1. The Morgan fingerprint density at radius 2 is 1.62 bits per heavy atom. The van der Waals surface area contributed by atoms with Gasteiger partial charge >= 0.3 is 0 Å². The lowest BCUT2D eigenvalue weighted by molar-refractivity contribution is -0.116. The van der Waals surface area contributed by atoms with Gasteiger partial charge in [-0.1, -0.05) is 12.1 Å². The molecule has 0 aliphatic rings. The highest BCUT2D eigenvalue weighted by Gasteiger charge is 2.13. The molecule has 0 aliphatic carbocycles. The van der Waals surface area contributed by atoms with E-state index in [9.17, 15) is 9.59 Å².